The summed E-state index contributed by atoms with van der Waals surface area (Å²) in [5.74, 6) is 0. The molecule has 1 aromatic heterocycles. The van der Waals surface area contributed by atoms with Gasteiger partial charge < -0.3 is 9.80 Å². The van der Waals surface area contributed by atoms with E-state index in [1.165, 1.54) is 11.3 Å². The standard InChI is InChI=1S/C16H23N5OS/c1-3-20(4-2)10-11-21(12-14-8-6-5-7-9-14)16(22)18-15-19-17-13-23-15/h5-9,13H,3-4,10-12H2,1-2H3,(H,18,19,22). The van der Waals surface area contributed by atoms with Gasteiger partial charge >= 0.3 is 6.03 Å². The van der Waals surface area contributed by atoms with Crippen molar-refractivity contribution < 1.29 is 4.79 Å². The average molecular weight is 333 g/mol. The fourth-order valence-electron chi connectivity index (χ4n) is 2.26. The van der Waals surface area contributed by atoms with Crippen molar-refractivity contribution in [1.29, 1.82) is 0 Å². The highest BCUT2D eigenvalue weighted by Gasteiger charge is 2.16. The topological polar surface area (TPSA) is 61.4 Å². The van der Waals surface area contributed by atoms with E-state index in [0.717, 1.165) is 25.2 Å². The summed E-state index contributed by atoms with van der Waals surface area (Å²) in [5, 5.41) is 11.0. The van der Waals surface area contributed by atoms with Gasteiger partial charge in [0.2, 0.25) is 5.13 Å². The molecule has 0 radical (unpaired) electrons. The molecule has 124 valence electrons. The van der Waals surface area contributed by atoms with Gasteiger partial charge in [0.1, 0.15) is 5.51 Å². The first kappa shape index (κ1) is 17.4. The number of hydrogen-bond donors (Lipinski definition) is 1. The Morgan fingerprint density at radius 1 is 1.17 bits per heavy atom. The SMILES string of the molecule is CCN(CC)CCN(Cc1ccccc1)C(=O)Nc1nncs1. The van der Waals surface area contributed by atoms with E-state index in [0.29, 0.717) is 18.2 Å². The van der Waals surface area contributed by atoms with Gasteiger partial charge in [-0.25, -0.2) is 4.79 Å². The van der Waals surface area contributed by atoms with Gasteiger partial charge in [-0.2, -0.15) is 0 Å². The molecule has 0 saturated carbocycles. The molecule has 2 aromatic rings. The number of anilines is 1. The van der Waals surface area contributed by atoms with Gasteiger partial charge in [0, 0.05) is 19.6 Å². The zero-order valence-electron chi connectivity index (χ0n) is 13.6. The molecule has 0 saturated heterocycles. The van der Waals surface area contributed by atoms with Crippen molar-refractivity contribution >= 4 is 22.5 Å². The molecule has 1 N–H and O–H groups in total. The Kier molecular flexibility index (Phi) is 6.96. The van der Waals surface area contributed by atoms with Gasteiger partial charge in [0.25, 0.3) is 0 Å². The monoisotopic (exact) mass is 333 g/mol. The number of hydrogen-bond acceptors (Lipinski definition) is 5. The number of likely N-dealkylation sites (N-methyl/N-ethyl adjacent to an activating group) is 1. The Morgan fingerprint density at radius 3 is 2.52 bits per heavy atom. The van der Waals surface area contributed by atoms with Crippen LogP contribution in [0.3, 0.4) is 0 Å². The fourth-order valence-corrected chi connectivity index (χ4v) is 2.69. The van der Waals surface area contributed by atoms with Gasteiger partial charge in [-0.3, -0.25) is 5.32 Å². The van der Waals surface area contributed by atoms with Crippen LogP contribution in [0.5, 0.6) is 0 Å². The van der Waals surface area contributed by atoms with Gasteiger partial charge in [0.15, 0.2) is 0 Å². The maximum Gasteiger partial charge on any atom is 0.324 e. The molecular formula is C16H23N5OS. The Hall–Kier alpha value is -1.99. The predicted octanol–water partition coefficient (Wildman–Crippen LogP) is 2.91. The Labute approximate surface area is 141 Å². The smallest absolute Gasteiger partial charge is 0.319 e. The second-order valence-corrected chi connectivity index (χ2v) is 5.94. The molecule has 1 heterocycles. The largest absolute Gasteiger partial charge is 0.324 e. The highest BCUT2D eigenvalue weighted by Crippen LogP contribution is 2.11. The number of carbonyl (C=O) groups is 1. The number of nitrogens with zero attached hydrogens (tertiary/aromatic N) is 4. The minimum Gasteiger partial charge on any atom is -0.319 e. The van der Waals surface area contributed by atoms with Crippen LogP contribution >= 0.6 is 11.3 Å². The first-order chi connectivity index (χ1) is 11.2. The van der Waals surface area contributed by atoms with Crippen molar-refractivity contribution in [1.82, 2.24) is 20.0 Å². The zero-order chi connectivity index (χ0) is 16.5. The number of rotatable bonds is 8. The normalized spacial score (nSPS) is 10.7. The van der Waals surface area contributed by atoms with Gasteiger partial charge in [0.05, 0.1) is 0 Å². The minimum atomic E-state index is -0.141. The number of urea groups is 1. The molecule has 6 nitrogen and oxygen atoms in total. The lowest BCUT2D eigenvalue weighted by Crippen LogP contribution is -2.40. The molecule has 23 heavy (non-hydrogen) atoms. The average Bonchev–Trinajstić information content (AvgIpc) is 3.08. The van der Waals surface area contributed by atoms with Crippen molar-refractivity contribution in [3.05, 3.63) is 41.4 Å². The molecule has 0 spiro atoms. The third-order valence-electron chi connectivity index (χ3n) is 3.66. The summed E-state index contributed by atoms with van der Waals surface area (Å²) in [4.78, 5) is 16.7. The van der Waals surface area contributed by atoms with Crippen LogP contribution in [-0.4, -0.2) is 52.2 Å². The van der Waals surface area contributed by atoms with Gasteiger partial charge in [-0.1, -0.05) is 55.5 Å². The summed E-state index contributed by atoms with van der Waals surface area (Å²) in [6, 6.07) is 9.87. The maximum absolute atomic E-state index is 12.5. The van der Waals surface area contributed by atoms with Crippen LogP contribution < -0.4 is 5.32 Å². The van der Waals surface area contributed by atoms with Crippen LogP contribution in [0.2, 0.25) is 0 Å². The Balaban J connectivity index is 2.02. The zero-order valence-corrected chi connectivity index (χ0v) is 14.4. The number of aromatic nitrogens is 2. The van der Waals surface area contributed by atoms with E-state index in [9.17, 15) is 4.79 Å². The summed E-state index contributed by atoms with van der Waals surface area (Å²) >= 11 is 1.32. The first-order valence-corrected chi connectivity index (χ1v) is 8.69. The highest BCUT2D eigenvalue weighted by molar-refractivity contribution is 7.13. The van der Waals surface area contributed by atoms with E-state index < -0.39 is 0 Å². The summed E-state index contributed by atoms with van der Waals surface area (Å²) in [7, 11) is 0. The number of amides is 2. The maximum atomic E-state index is 12.5. The molecule has 0 unspecified atom stereocenters. The van der Waals surface area contributed by atoms with Crippen LogP contribution in [-0.2, 0) is 6.54 Å². The van der Waals surface area contributed by atoms with E-state index in [2.05, 4.69) is 34.3 Å². The van der Waals surface area contributed by atoms with E-state index >= 15 is 0 Å². The van der Waals surface area contributed by atoms with Crippen molar-refractivity contribution in [3.8, 4) is 0 Å². The van der Waals surface area contributed by atoms with E-state index in [1.54, 1.807) is 5.51 Å². The predicted molar refractivity (Wildman–Crippen MR) is 93.6 cm³/mol. The third kappa shape index (κ3) is 5.61. The van der Waals surface area contributed by atoms with Crippen LogP contribution in [0.25, 0.3) is 0 Å². The molecule has 2 amide bonds. The second-order valence-electron chi connectivity index (χ2n) is 5.11. The van der Waals surface area contributed by atoms with Crippen LogP contribution in [0.1, 0.15) is 19.4 Å². The molecular weight excluding hydrogens is 310 g/mol. The highest BCUT2D eigenvalue weighted by atomic mass is 32.1. The van der Waals surface area contributed by atoms with Crippen LogP contribution in [0.4, 0.5) is 9.93 Å². The van der Waals surface area contributed by atoms with E-state index in [-0.39, 0.29) is 6.03 Å². The molecule has 7 heteroatoms. The summed E-state index contributed by atoms with van der Waals surface area (Å²) < 4.78 is 0. The molecule has 0 aliphatic heterocycles. The lowest BCUT2D eigenvalue weighted by molar-refractivity contribution is 0.194. The van der Waals surface area contributed by atoms with Crippen LogP contribution in [0, 0.1) is 0 Å². The van der Waals surface area contributed by atoms with Crippen molar-refractivity contribution in [2.24, 2.45) is 0 Å². The minimum absolute atomic E-state index is 0.141. The molecule has 0 aliphatic rings. The number of benzene rings is 1. The van der Waals surface area contributed by atoms with Crippen molar-refractivity contribution in [3.63, 3.8) is 0 Å². The fraction of sp³-hybridized carbons (Fsp3) is 0.438. The summed E-state index contributed by atoms with van der Waals surface area (Å²) in [6.45, 7) is 8.32. The molecule has 0 atom stereocenters. The van der Waals surface area contributed by atoms with Crippen LogP contribution in [0.15, 0.2) is 35.8 Å². The number of nitrogens with one attached hydrogen (secondary N) is 1. The van der Waals surface area contributed by atoms with E-state index in [1.807, 2.05) is 35.2 Å². The molecule has 0 aliphatic carbocycles. The Morgan fingerprint density at radius 2 is 1.91 bits per heavy atom. The molecule has 2 rings (SSSR count). The second kappa shape index (κ2) is 9.22. The summed E-state index contributed by atoms with van der Waals surface area (Å²) in [6.07, 6.45) is 0. The number of carbonyl (C=O) groups excluding carboxylic acids is 1. The lowest BCUT2D eigenvalue weighted by atomic mass is 10.2. The van der Waals surface area contributed by atoms with Crippen molar-refractivity contribution in [2.45, 2.75) is 20.4 Å². The molecule has 0 fully saturated rings. The third-order valence-corrected chi connectivity index (χ3v) is 4.26. The van der Waals surface area contributed by atoms with E-state index in [4.69, 9.17) is 0 Å². The lowest BCUT2D eigenvalue weighted by Gasteiger charge is -2.26. The van der Waals surface area contributed by atoms with Crippen molar-refractivity contribution in [2.75, 3.05) is 31.5 Å². The van der Waals surface area contributed by atoms with Gasteiger partial charge in [-0.05, 0) is 18.7 Å². The quantitative estimate of drug-likeness (QED) is 0.807. The first-order valence-electron chi connectivity index (χ1n) is 7.81. The van der Waals surface area contributed by atoms with Gasteiger partial charge in [-0.15, -0.1) is 10.2 Å². The Bertz CT molecular complexity index is 571. The molecule has 1 aromatic carbocycles. The summed E-state index contributed by atoms with van der Waals surface area (Å²) in [5.41, 5.74) is 2.71. The molecule has 0 bridgehead atoms.